The van der Waals surface area contributed by atoms with Crippen molar-refractivity contribution in [1.82, 2.24) is 20.2 Å². The Balaban J connectivity index is 2.36. The number of nitrogen functional groups attached to an aromatic ring is 1. The summed E-state index contributed by atoms with van der Waals surface area (Å²) in [5.74, 6) is -0.0753. The van der Waals surface area contributed by atoms with Gasteiger partial charge in [0, 0.05) is 5.69 Å². The minimum absolute atomic E-state index is 0.0753. The lowest BCUT2D eigenvalue weighted by Gasteiger charge is -2.07. The van der Waals surface area contributed by atoms with E-state index >= 15 is 0 Å². The van der Waals surface area contributed by atoms with Crippen LogP contribution in [0.25, 0.3) is 0 Å². The summed E-state index contributed by atoms with van der Waals surface area (Å²) in [4.78, 5) is 1.29. The summed E-state index contributed by atoms with van der Waals surface area (Å²) in [5, 5.41) is 10.8. The Kier molecular flexibility index (Phi) is 2.91. The Morgan fingerprint density at radius 2 is 2.11 bits per heavy atom. The number of rotatable bonds is 3. The van der Waals surface area contributed by atoms with Crippen molar-refractivity contribution in [1.29, 1.82) is 0 Å². The van der Waals surface area contributed by atoms with Crippen molar-refractivity contribution in [3.63, 3.8) is 0 Å². The number of aryl methyl sites for hydroxylation is 2. The molecule has 0 fully saturated rings. The minimum atomic E-state index is -3.73. The number of hydrogen-bond acceptors (Lipinski definition) is 6. The van der Waals surface area contributed by atoms with Gasteiger partial charge < -0.3 is 5.73 Å². The molecule has 9 heteroatoms. The van der Waals surface area contributed by atoms with Crippen molar-refractivity contribution in [3.8, 4) is 0 Å². The van der Waals surface area contributed by atoms with Crippen molar-refractivity contribution in [2.45, 2.75) is 11.8 Å². The van der Waals surface area contributed by atoms with Gasteiger partial charge in [-0.3, -0.25) is 0 Å². The third-order valence-corrected chi connectivity index (χ3v) is 3.71. The van der Waals surface area contributed by atoms with Gasteiger partial charge in [-0.25, -0.2) is 13.1 Å². The summed E-state index contributed by atoms with van der Waals surface area (Å²) in [5.41, 5.74) is 6.62. The molecule has 8 nitrogen and oxygen atoms in total. The summed E-state index contributed by atoms with van der Waals surface area (Å²) >= 11 is 0. The molecule has 96 valence electrons. The van der Waals surface area contributed by atoms with Gasteiger partial charge in [0.2, 0.25) is 0 Å². The first-order chi connectivity index (χ1) is 8.38. The highest BCUT2D eigenvalue weighted by Gasteiger charge is 2.18. The average molecular weight is 268 g/mol. The van der Waals surface area contributed by atoms with Crippen molar-refractivity contribution >= 4 is 21.7 Å². The molecule has 0 saturated carbocycles. The highest BCUT2D eigenvalue weighted by molar-refractivity contribution is 7.92. The van der Waals surface area contributed by atoms with Crippen LogP contribution in [0.4, 0.5) is 11.6 Å². The van der Waals surface area contributed by atoms with Crippen LogP contribution in [-0.4, -0.2) is 28.6 Å². The average Bonchev–Trinajstić information content (AvgIpc) is 2.62. The fourth-order valence-electron chi connectivity index (χ4n) is 1.47. The van der Waals surface area contributed by atoms with Gasteiger partial charge in [-0.2, -0.15) is 4.80 Å². The largest absolute Gasteiger partial charge is 0.399 e. The smallest absolute Gasteiger partial charge is 0.277 e. The molecule has 0 saturated heterocycles. The molecule has 0 bridgehead atoms. The van der Waals surface area contributed by atoms with Crippen molar-refractivity contribution < 1.29 is 8.42 Å². The van der Waals surface area contributed by atoms with E-state index in [1.54, 1.807) is 20.0 Å². The monoisotopic (exact) mass is 268 g/mol. The van der Waals surface area contributed by atoms with Crippen LogP contribution < -0.4 is 10.5 Å². The number of aromatic nitrogens is 4. The molecule has 2 aromatic rings. The molecule has 0 atom stereocenters. The zero-order chi connectivity index (χ0) is 13.3. The van der Waals surface area contributed by atoms with Crippen LogP contribution in [0.15, 0.2) is 23.1 Å². The van der Waals surface area contributed by atoms with Crippen molar-refractivity contribution in [2.75, 3.05) is 10.5 Å². The maximum atomic E-state index is 12.1. The number of nitrogens with one attached hydrogen (secondary N) is 1. The lowest BCUT2D eigenvalue weighted by molar-refractivity contribution is 0.600. The molecule has 0 aliphatic heterocycles. The maximum Gasteiger partial charge on any atom is 0.277 e. The van der Waals surface area contributed by atoms with E-state index in [1.165, 1.54) is 12.1 Å². The lowest BCUT2D eigenvalue weighted by atomic mass is 10.2. The minimum Gasteiger partial charge on any atom is -0.399 e. The van der Waals surface area contributed by atoms with Gasteiger partial charge in [-0.05, 0) is 35.9 Å². The third-order valence-electron chi connectivity index (χ3n) is 2.22. The zero-order valence-electron chi connectivity index (χ0n) is 9.82. The fourth-order valence-corrected chi connectivity index (χ4v) is 2.64. The first-order valence-electron chi connectivity index (χ1n) is 5.01. The summed E-state index contributed by atoms with van der Waals surface area (Å²) in [6.45, 7) is 1.66. The van der Waals surface area contributed by atoms with Gasteiger partial charge in [-0.1, -0.05) is 5.10 Å². The van der Waals surface area contributed by atoms with Crippen LogP contribution in [-0.2, 0) is 17.1 Å². The van der Waals surface area contributed by atoms with Crippen LogP contribution in [0.5, 0.6) is 0 Å². The van der Waals surface area contributed by atoms with Crippen LogP contribution in [0.1, 0.15) is 5.56 Å². The number of tetrazole rings is 1. The molecule has 1 aromatic heterocycles. The van der Waals surface area contributed by atoms with E-state index in [2.05, 4.69) is 20.1 Å². The van der Waals surface area contributed by atoms with Crippen molar-refractivity contribution in [2.24, 2.45) is 7.05 Å². The third kappa shape index (κ3) is 2.40. The van der Waals surface area contributed by atoms with Gasteiger partial charge in [0.1, 0.15) is 0 Å². The Hall–Kier alpha value is -2.16. The van der Waals surface area contributed by atoms with Gasteiger partial charge in [0.05, 0.1) is 11.9 Å². The number of hydrogen-bond donors (Lipinski definition) is 2. The Bertz CT molecular complexity index is 678. The zero-order valence-corrected chi connectivity index (χ0v) is 10.6. The first kappa shape index (κ1) is 12.3. The molecule has 1 aromatic carbocycles. The quantitative estimate of drug-likeness (QED) is 0.751. The van der Waals surface area contributed by atoms with Crippen molar-refractivity contribution in [3.05, 3.63) is 23.8 Å². The predicted molar refractivity (Wildman–Crippen MR) is 65.2 cm³/mol. The predicted octanol–water partition coefficient (Wildman–Crippen LogP) is -0.0985. The molecule has 0 aliphatic rings. The Morgan fingerprint density at radius 1 is 1.39 bits per heavy atom. The molecule has 0 spiro atoms. The molecule has 3 N–H and O–H groups in total. The van der Waals surface area contributed by atoms with Crippen LogP contribution >= 0.6 is 0 Å². The molecule has 18 heavy (non-hydrogen) atoms. The van der Waals surface area contributed by atoms with E-state index in [0.717, 1.165) is 4.80 Å². The number of nitrogens with zero attached hydrogens (tertiary/aromatic N) is 4. The first-order valence-corrected chi connectivity index (χ1v) is 6.50. The molecule has 0 radical (unpaired) electrons. The molecule has 0 aliphatic carbocycles. The molecular formula is C9H12N6O2S. The highest BCUT2D eigenvalue weighted by atomic mass is 32.2. The number of nitrogens with two attached hydrogens (primary N) is 1. The molecule has 2 rings (SSSR count). The lowest BCUT2D eigenvalue weighted by Crippen LogP contribution is -2.15. The van der Waals surface area contributed by atoms with Gasteiger partial charge in [-0.15, -0.1) is 5.10 Å². The summed E-state index contributed by atoms with van der Waals surface area (Å²) in [6.07, 6.45) is 0. The van der Waals surface area contributed by atoms with E-state index in [0.29, 0.717) is 11.3 Å². The van der Waals surface area contributed by atoms with Crippen LogP contribution in [0, 0.1) is 6.92 Å². The van der Waals surface area contributed by atoms with Gasteiger partial charge in [0.15, 0.2) is 0 Å². The topological polar surface area (TPSA) is 116 Å². The van der Waals surface area contributed by atoms with E-state index in [9.17, 15) is 8.42 Å². The standard InChI is InChI=1S/C9H12N6O2S/c1-6-5-7(10)3-4-8(6)18(16,17)13-9-11-14-15(2)12-9/h3-5H,10H2,1-2H3,(H,12,13). The molecule has 0 amide bonds. The van der Waals surface area contributed by atoms with E-state index in [-0.39, 0.29) is 10.8 Å². The maximum absolute atomic E-state index is 12.1. The second kappa shape index (κ2) is 4.26. The summed E-state index contributed by atoms with van der Waals surface area (Å²) in [7, 11) is -2.19. The normalized spacial score (nSPS) is 11.4. The fraction of sp³-hybridized carbons (Fsp3) is 0.222. The molecule has 0 unspecified atom stereocenters. The van der Waals surface area contributed by atoms with Gasteiger partial charge >= 0.3 is 0 Å². The van der Waals surface area contributed by atoms with Gasteiger partial charge in [0.25, 0.3) is 16.0 Å². The number of anilines is 2. The second-order valence-electron chi connectivity index (χ2n) is 3.73. The van der Waals surface area contributed by atoms with E-state index in [1.807, 2.05) is 0 Å². The van der Waals surface area contributed by atoms with Crippen LogP contribution in [0.2, 0.25) is 0 Å². The summed E-state index contributed by atoms with van der Waals surface area (Å²) < 4.78 is 26.4. The number of benzene rings is 1. The van der Waals surface area contributed by atoms with E-state index in [4.69, 9.17) is 5.73 Å². The second-order valence-corrected chi connectivity index (χ2v) is 5.38. The summed E-state index contributed by atoms with van der Waals surface area (Å²) in [6, 6.07) is 4.54. The van der Waals surface area contributed by atoms with Crippen LogP contribution in [0.3, 0.4) is 0 Å². The molecular weight excluding hydrogens is 256 g/mol. The Morgan fingerprint density at radius 3 is 2.67 bits per heavy atom. The number of sulfonamides is 1. The SMILES string of the molecule is Cc1cc(N)ccc1S(=O)(=O)Nc1nnn(C)n1. The van der Waals surface area contributed by atoms with E-state index < -0.39 is 10.0 Å². The highest BCUT2D eigenvalue weighted by Crippen LogP contribution is 2.19. The molecule has 1 heterocycles. The Labute approximate surface area is 104 Å².